The van der Waals surface area contributed by atoms with E-state index in [2.05, 4.69) is 4.90 Å². The van der Waals surface area contributed by atoms with E-state index in [0.717, 1.165) is 24.3 Å². The fourth-order valence-electron chi connectivity index (χ4n) is 4.09. The molecule has 0 bridgehead atoms. The van der Waals surface area contributed by atoms with E-state index in [0.29, 0.717) is 5.41 Å². The minimum Gasteiger partial charge on any atom is -0.369 e. The molecule has 3 heteroatoms. The lowest BCUT2D eigenvalue weighted by molar-refractivity contribution is 0.144. The second kappa shape index (κ2) is 5.96. The molecule has 1 spiro atoms. The van der Waals surface area contributed by atoms with Gasteiger partial charge in [0.2, 0.25) is 0 Å². The van der Waals surface area contributed by atoms with Gasteiger partial charge in [-0.1, -0.05) is 25.3 Å². The lowest BCUT2D eigenvalue weighted by Crippen LogP contribution is -2.41. The molecule has 1 atom stereocenters. The molecule has 116 valence electrons. The van der Waals surface area contributed by atoms with Crippen LogP contribution in [0.4, 0.5) is 10.1 Å². The van der Waals surface area contributed by atoms with Crippen LogP contribution in [0.2, 0.25) is 0 Å². The number of hydrogen-bond acceptors (Lipinski definition) is 2. The van der Waals surface area contributed by atoms with E-state index in [1.165, 1.54) is 44.9 Å². The predicted molar refractivity (Wildman–Crippen MR) is 86.0 cm³/mol. The van der Waals surface area contributed by atoms with Crippen LogP contribution < -0.4 is 10.6 Å². The van der Waals surface area contributed by atoms with Gasteiger partial charge in [-0.3, -0.25) is 0 Å². The standard InChI is InChI=1S/C18H27FN2/c1-14(20)15-5-6-17(16(19)13-15)21-11-9-18(10-12-21)7-3-2-4-8-18/h5-6,13-14H,2-4,7-12,20H2,1H3/t14-/m1/s1. The molecule has 2 nitrogen and oxygen atoms in total. The van der Waals surface area contributed by atoms with Crippen molar-refractivity contribution in [2.75, 3.05) is 18.0 Å². The zero-order valence-corrected chi connectivity index (χ0v) is 13.1. The summed E-state index contributed by atoms with van der Waals surface area (Å²) in [5.41, 5.74) is 8.02. The molecule has 0 unspecified atom stereocenters. The summed E-state index contributed by atoms with van der Waals surface area (Å²) in [5.74, 6) is -0.121. The fourth-order valence-corrected chi connectivity index (χ4v) is 4.09. The third-order valence-electron chi connectivity index (χ3n) is 5.58. The predicted octanol–water partition coefficient (Wildman–Crippen LogP) is 4.40. The molecular formula is C18H27FN2. The number of nitrogens with zero attached hydrogens (tertiary/aromatic N) is 1. The lowest BCUT2D eigenvalue weighted by Gasteiger charge is -2.45. The van der Waals surface area contributed by atoms with Crippen molar-refractivity contribution in [2.45, 2.75) is 57.9 Å². The van der Waals surface area contributed by atoms with Gasteiger partial charge in [0, 0.05) is 19.1 Å². The van der Waals surface area contributed by atoms with E-state index in [1.807, 2.05) is 19.1 Å². The van der Waals surface area contributed by atoms with Crippen LogP contribution in [-0.2, 0) is 0 Å². The Balaban J connectivity index is 1.69. The van der Waals surface area contributed by atoms with Crippen molar-refractivity contribution >= 4 is 5.69 Å². The summed E-state index contributed by atoms with van der Waals surface area (Å²) >= 11 is 0. The molecule has 2 N–H and O–H groups in total. The summed E-state index contributed by atoms with van der Waals surface area (Å²) < 4.78 is 14.3. The summed E-state index contributed by atoms with van der Waals surface area (Å²) in [6.07, 6.45) is 9.39. The highest BCUT2D eigenvalue weighted by Crippen LogP contribution is 2.45. The van der Waals surface area contributed by atoms with Gasteiger partial charge in [0.15, 0.2) is 0 Å². The van der Waals surface area contributed by atoms with Gasteiger partial charge in [-0.2, -0.15) is 0 Å². The van der Waals surface area contributed by atoms with Crippen LogP contribution in [0.3, 0.4) is 0 Å². The number of piperidine rings is 1. The Labute approximate surface area is 127 Å². The molecule has 1 aromatic carbocycles. The maximum Gasteiger partial charge on any atom is 0.146 e. The maximum absolute atomic E-state index is 14.3. The van der Waals surface area contributed by atoms with E-state index in [4.69, 9.17) is 5.73 Å². The number of nitrogens with two attached hydrogens (primary N) is 1. The third kappa shape index (κ3) is 3.08. The minimum absolute atomic E-state index is 0.111. The summed E-state index contributed by atoms with van der Waals surface area (Å²) in [5, 5.41) is 0. The van der Waals surface area contributed by atoms with Crippen LogP contribution in [0.5, 0.6) is 0 Å². The molecule has 0 amide bonds. The Hall–Kier alpha value is -1.09. The number of benzene rings is 1. The first-order valence-electron chi connectivity index (χ1n) is 8.40. The van der Waals surface area contributed by atoms with Gasteiger partial charge in [0.25, 0.3) is 0 Å². The highest BCUT2D eigenvalue weighted by Gasteiger charge is 2.35. The molecule has 1 heterocycles. The average Bonchev–Trinajstić information content (AvgIpc) is 2.49. The first-order chi connectivity index (χ1) is 10.1. The number of rotatable bonds is 2. The van der Waals surface area contributed by atoms with Crippen LogP contribution in [0, 0.1) is 11.2 Å². The molecule has 2 aliphatic rings. The SMILES string of the molecule is C[C@@H](N)c1ccc(N2CCC3(CCCCC3)CC2)c(F)c1. The van der Waals surface area contributed by atoms with Crippen molar-refractivity contribution in [3.05, 3.63) is 29.6 Å². The van der Waals surface area contributed by atoms with E-state index in [-0.39, 0.29) is 11.9 Å². The molecule has 1 saturated heterocycles. The Morgan fingerprint density at radius 3 is 2.33 bits per heavy atom. The van der Waals surface area contributed by atoms with Crippen molar-refractivity contribution in [2.24, 2.45) is 11.1 Å². The van der Waals surface area contributed by atoms with Gasteiger partial charge in [0.05, 0.1) is 5.69 Å². The zero-order valence-electron chi connectivity index (χ0n) is 13.1. The molecule has 1 aromatic rings. The molecule has 1 saturated carbocycles. The van der Waals surface area contributed by atoms with Crippen LogP contribution in [-0.4, -0.2) is 13.1 Å². The number of halogens is 1. The first kappa shape index (κ1) is 14.8. The Bertz CT molecular complexity index is 482. The molecular weight excluding hydrogens is 263 g/mol. The third-order valence-corrected chi connectivity index (χ3v) is 5.58. The van der Waals surface area contributed by atoms with Gasteiger partial charge >= 0.3 is 0 Å². The maximum atomic E-state index is 14.3. The van der Waals surface area contributed by atoms with Crippen LogP contribution >= 0.6 is 0 Å². The van der Waals surface area contributed by atoms with Gasteiger partial charge in [-0.25, -0.2) is 4.39 Å². The topological polar surface area (TPSA) is 29.3 Å². The molecule has 0 aromatic heterocycles. The fraction of sp³-hybridized carbons (Fsp3) is 0.667. The molecule has 3 rings (SSSR count). The van der Waals surface area contributed by atoms with Gasteiger partial charge < -0.3 is 10.6 Å². The second-order valence-corrected chi connectivity index (χ2v) is 7.05. The van der Waals surface area contributed by atoms with E-state index in [9.17, 15) is 4.39 Å². The smallest absolute Gasteiger partial charge is 0.146 e. The normalized spacial score (nSPS) is 23.3. The molecule has 2 fully saturated rings. The Morgan fingerprint density at radius 2 is 1.76 bits per heavy atom. The lowest BCUT2D eigenvalue weighted by atomic mass is 9.68. The average molecular weight is 290 g/mol. The largest absolute Gasteiger partial charge is 0.369 e. The first-order valence-corrected chi connectivity index (χ1v) is 8.40. The Morgan fingerprint density at radius 1 is 1.10 bits per heavy atom. The van der Waals surface area contributed by atoms with E-state index in [1.54, 1.807) is 6.07 Å². The van der Waals surface area contributed by atoms with Crippen molar-refractivity contribution in [1.82, 2.24) is 0 Å². The summed E-state index contributed by atoms with van der Waals surface area (Å²) in [6.45, 7) is 3.88. The summed E-state index contributed by atoms with van der Waals surface area (Å²) in [7, 11) is 0. The van der Waals surface area contributed by atoms with Gasteiger partial charge in [0.1, 0.15) is 5.82 Å². The molecule has 0 radical (unpaired) electrons. The highest BCUT2D eigenvalue weighted by molar-refractivity contribution is 5.50. The van der Waals surface area contributed by atoms with Crippen LogP contribution in [0.25, 0.3) is 0 Å². The highest BCUT2D eigenvalue weighted by atomic mass is 19.1. The van der Waals surface area contributed by atoms with Crippen molar-refractivity contribution < 1.29 is 4.39 Å². The number of anilines is 1. The molecule has 1 aliphatic heterocycles. The minimum atomic E-state index is -0.121. The Kier molecular flexibility index (Phi) is 4.21. The van der Waals surface area contributed by atoms with Gasteiger partial charge in [-0.15, -0.1) is 0 Å². The van der Waals surface area contributed by atoms with Crippen molar-refractivity contribution in [3.8, 4) is 0 Å². The van der Waals surface area contributed by atoms with Crippen LogP contribution in [0.15, 0.2) is 18.2 Å². The van der Waals surface area contributed by atoms with Gasteiger partial charge in [-0.05, 0) is 55.7 Å². The monoisotopic (exact) mass is 290 g/mol. The van der Waals surface area contributed by atoms with Crippen molar-refractivity contribution in [3.63, 3.8) is 0 Å². The van der Waals surface area contributed by atoms with E-state index < -0.39 is 0 Å². The zero-order chi connectivity index (χ0) is 14.9. The summed E-state index contributed by atoms with van der Waals surface area (Å²) in [6, 6.07) is 5.37. The summed E-state index contributed by atoms with van der Waals surface area (Å²) in [4.78, 5) is 2.22. The number of hydrogen-bond donors (Lipinski definition) is 1. The van der Waals surface area contributed by atoms with E-state index >= 15 is 0 Å². The molecule has 21 heavy (non-hydrogen) atoms. The quantitative estimate of drug-likeness (QED) is 0.875. The second-order valence-electron chi connectivity index (χ2n) is 7.05. The molecule has 1 aliphatic carbocycles. The van der Waals surface area contributed by atoms with Crippen molar-refractivity contribution in [1.29, 1.82) is 0 Å². The van der Waals surface area contributed by atoms with Crippen LogP contribution in [0.1, 0.15) is 63.5 Å².